The molecule has 17 heavy (non-hydrogen) atoms. The first kappa shape index (κ1) is 12.1. The van der Waals surface area contributed by atoms with Crippen molar-refractivity contribution in [1.29, 1.82) is 0 Å². The van der Waals surface area contributed by atoms with E-state index in [1.807, 2.05) is 18.2 Å². The number of hydrazine groups is 1. The van der Waals surface area contributed by atoms with Crippen molar-refractivity contribution in [3.05, 3.63) is 35.4 Å². The first-order chi connectivity index (χ1) is 8.27. The van der Waals surface area contributed by atoms with Gasteiger partial charge in [0.05, 0.1) is 0 Å². The number of primary amides is 1. The first-order valence-corrected chi connectivity index (χ1v) is 6.13. The monoisotopic (exact) mass is 233 g/mol. The maximum absolute atomic E-state index is 11.3. The van der Waals surface area contributed by atoms with Gasteiger partial charge in [0.1, 0.15) is 0 Å². The SMILES string of the molecule is NC(=O)c1ccccc1CNN1CCCCC1. The van der Waals surface area contributed by atoms with E-state index in [0.717, 1.165) is 18.7 Å². The minimum Gasteiger partial charge on any atom is -0.366 e. The fourth-order valence-electron chi connectivity index (χ4n) is 2.16. The van der Waals surface area contributed by atoms with Crippen molar-refractivity contribution in [3.63, 3.8) is 0 Å². The average molecular weight is 233 g/mol. The van der Waals surface area contributed by atoms with Crippen LogP contribution in [0.25, 0.3) is 0 Å². The summed E-state index contributed by atoms with van der Waals surface area (Å²) in [5.41, 5.74) is 10.3. The molecule has 0 saturated carbocycles. The van der Waals surface area contributed by atoms with Gasteiger partial charge in [-0.1, -0.05) is 24.6 Å². The number of piperidine rings is 1. The van der Waals surface area contributed by atoms with Crippen molar-refractivity contribution < 1.29 is 4.79 Å². The van der Waals surface area contributed by atoms with E-state index in [-0.39, 0.29) is 5.91 Å². The molecule has 0 radical (unpaired) electrons. The maximum atomic E-state index is 11.3. The van der Waals surface area contributed by atoms with Gasteiger partial charge in [0.2, 0.25) is 5.91 Å². The van der Waals surface area contributed by atoms with Crippen molar-refractivity contribution >= 4 is 5.91 Å². The van der Waals surface area contributed by atoms with Crippen LogP contribution in [0.3, 0.4) is 0 Å². The zero-order valence-electron chi connectivity index (χ0n) is 9.98. The molecule has 4 heteroatoms. The Balaban J connectivity index is 1.96. The molecule has 3 N–H and O–H groups in total. The van der Waals surface area contributed by atoms with Crippen LogP contribution >= 0.6 is 0 Å². The molecule has 0 aromatic heterocycles. The smallest absolute Gasteiger partial charge is 0.249 e. The second-order valence-electron chi connectivity index (χ2n) is 4.40. The largest absolute Gasteiger partial charge is 0.366 e. The van der Waals surface area contributed by atoms with Crippen molar-refractivity contribution in [1.82, 2.24) is 10.4 Å². The molecular formula is C13H19N3O. The zero-order chi connectivity index (χ0) is 12.1. The second-order valence-corrected chi connectivity index (χ2v) is 4.40. The Labute approximate surface area is 102 Å². The molecule has 1 aromatic rings. The third-order valence-electron chi connectivity index (χ3n) is 3.13. The van der Waals surface area contributed by atoms with Crippen molar-refractivity contribution in [3.8, 4) is 0 Å². The van der Waals surface area contributed by atoms with E-state index in [1.165, 1.54) is 19.3 Å². The fraction of sp³-hybridized carbons (Fsp3) is 0.462. The molecule has 1 aliphatic rings. The summed E-state index contributed by atoms with van der Waals surface area (Å²) in [6, 6.07) is 7.48. The number of carbonyl (C=O) groups is 1. The summed E-state index contributed by atoms with van der Waals surface area (Å²) >= 11 is 0. The number of rotatable bonds is 4. The summed E-state index contributed by atoms with van der Waals surface area (Å²) in [7, 11) is 0. The van der Waals surface area contributed by atoms with Crippen LogP contribution in [0.2, 0.25) is 0 Å². The topological polar surface area (TPSA) is 58.4 Å². The van der Waals surface area contributed by atoms with E-state index in [1.54, 1.807) is 6.07 Å². The van der Waals surface area contributed by atoms with Crippen LogP contribution in [-0.4, -0.2) is 24.0 Å². The Morgan fingerprint density at radius 1 is 1.24 bits per heavy atom. The van der Waals surface area contributed by atoms with Gasteiger partial charge in [0.25, 0.3) is 0 Å². The van der Waals surface area contributed by atoms with Gasteiger partial charge in [0, 0.05) is 25.2 Å². The van der Waals surface area contributed by atoms with E-state index >= 15 is 0 Å². The number of hydrogen-bond acceptors (Lipinski definition) is 3. The summed E-state index contributed by atoms with van der Waals surface area (Å²) < 4.78 is 0. The van der Waals surface area contributed by atoms with Crippen molar-refractivity contribution in [2.75, 3.05) is 13.1 Å². The number of carbonyl (C=O) groups excluding carboxylic acids is 1. The highest BCUT2D eigenvalue weighted by molar-refractivity contribution is 5.94. The van der Waals surface area contributed by atoms with Crippen LogP contribution in [0.5, 0.6) is 0 Å². The predicted octanol–water partition coefficient (Wildman–Crippen LogP) is 1.28. The lowest BCUT2D eigenvalue weighted by Crippen LogP contribution is -2.41. The highest BCUT2D eigenvalue weighted by atomic mass is 16.1. The lowest BCUT2D eigenvalue weighted by atomic mass is 10.1. The fourth-order valence-corrected chi connectivity index (χ4v) is 2.16. The van der Waals surface area contributed by atoms with Gasteiger partial charge < -0.3 is 5.73 Å². The van der Waals surface area contributed by atoms with E-state index in [4.69, 9.17) is 5.73 Å². The molecule has 0 aliphatic carbocycles. The number of nitrogens with zero attached hydrogens (tertiary/aromatic N) is 1. The number of benzene rings is 1. The molecular weight excluding hydrogens is 214 g/mol. The predicted molar refractivity (Wildman–Crippen MR) is 67.2 cm³/mol. The van der Waals surface area contributed by atoms with E-state index in [2.05, 4.69) is 10.4 Å². The summed E-state index contributed by atoms with van der Waals surface area (Å²) in [5, 5.41) is 2.22. The van der Waals surface area contributed by atoms with Crippen molar-refractivity contribution in [2.24, 2.45) is 5.73 Å². The zero-order valence-corrected chi connectivity index (χ0v) is 9.98. The van der Waals surface area contributed by atoms with E-state index < -0.39 is 0 Å². The van der Waals surface area contributed by atoms with Crippen LogP contribution in [0.4, 0.5) is 0 Å². The molecule has 92 valence electrons. The maximum Gasteiger partial charge on any atom is 0.249 e. The normalized spacial score (nSPS) is 16.9. The lowest BCUT2D eigenvalue weighted by Gasteiger charge is -2.27. The molecule has 1 heterocycles. The Kier molecular flexibility index (Phi) is 4.12. The van der Waals surface area contributed by atoms with Crippen LogP contribution in [0, 0.1) is 0 Å². The van der Waals surface area contributed by atoms with Crippen LogP contribution in [0.1, 0.15) is 35.2 Å². The third-order valence-corrected chi connectivity index (χ3v) is 3.13. The lowest BCUT2D eigenvalue weighted by molar-refractivity contribution is 0.0997. The third kappa shape index (κ3) is 3.28. The Hall–Kier alpha value is -1.39. The summed E-state index contributed by atoms with van der Waals surface area (Å²) in [6.45, 7) is 2.83. The van der Waals surface area contributed by atoms with Crippen LogP contribution in [0.15, 0.2) is 24.3 Å². The van der Waals surface area contributed by atoms with Crippen LogP contribution in [-0.2, 0) is 6.54 Å². The number of amides is 1. The summed E-state index contributed by atoms with van der Waals surface area (Å²) in [6.07, 6.45) is 3.80. The molecule has 1 amide bonds. The highest BCUT2D eigenvalue weighted by Gasteiger charge is 2.11. The number of nitrogens with one attached hydrogen (secondary N) is 1. The average Bonchev–Trinajstić information content (AvgIpc) is 2.38. The molecule has 1 aromatic carbocycles. The quantitative estimate of drug-likeness (QED) is 0.823. The van der Waals surface area contributed by atoms with E-state index in [9.17, 15) is 4.79 Å². The van der Waals surface area contributed by atoms with Gasteiger partial charge in [-0.25, -0.2) is 5.01 Å². The molecule has 4 nitrogen and oxygen atoms in total. The van der Waals surface area contributed by atoms with Gasteiger partial charge in [0.15, 0.2) is 0 Å². The van der Waals surface area contributed by atoms with Crippen molar-refractivity contribution in [2.45, 2.75) is 25.8 Å². The number of hydrogen-bond donors (Lipinski definition) is 2. The summed E-state index contributed by atoms with van der Waals surface area (Å²) in [4.78, 5) is 11.3. The minimum atomic E-state index is -0.360. The standard InChI is InChI=1S/C13H19N3O/c14-13(17)12-7-3-2-6-11(12)10-15-16-8-4-1-5-9-16/h2-3,6-7,15H,1,4-5,8-10H2,(H2,14,17). The molecule has 2 rings (SSSR count). The highest BCUT2D eigenvalue weighted by Crippen LogP contribution is 2.10. The first-order valence-electron chi connectivity index (χ1n) is 6.13. The summed E-state index contributed by atoms with van der Waals surface area (Å²) in [5.74, 6) is -0.360. The van der Waals surface area contributed by atoms with Gasteiger partial charge in [-0.15, -0.1) is 0 Å². The molecule has 0 unspecified atom stereocenters. The Morgan fingerprint density at radius 3 is 2.65 bits per heavy atom. The van der Waals surface area contributed by atoms with Crippen LogP contribution < -0.4 is 11.2 Å². The van der Waals surface area contributed by atoms with Gasteiger partial charge in [-0.2, -0.15) is 0 Å². The van der Waals surface area contributed by atoms with E-state index in [0.29, 0.717) is 12.1 Å². The molecule has 0 bridgehead atoms. The molecule has 0 atom stereocenters. The minimum absolute atomic E-state index is 0.360. The van der Waals surface area contributed by atoms with Gasteiger partial charge in [-0.3, -0.25) is 10.2 Å². The molecule has 0 spiro atoms. The Bertz CT molecular complexity index is 386. The van der Waals surface area contributed by atoms with Gasteiger partial charge >= 0.3 is 0 Å². The van der Waals surface area contributed by atoms with Gasteiger partial charge in [-0.05, 0) is 24.5 Å². The molecule has 1 aliphatic heterocycles. The number of nitrogens with two attached hydrogens (primary N) is 1. The second kappa shape index (κ2) is 5.80. The molecule has 1 saturated heterocycles. The molecule has 1 fully saturated rings. The Morgan fingerprint density at radius 2 is 1.94 bits per heavy atom.